The zero-order valence-electron chi connectivity index (χ0n) is 15.7. The molecule has 1 aliphatic rings. The van der Waals surface area contributed by atoms with Crippen LogP contribution in [0.4, 0.5) is 17.5 Å². The lowest BCUT2D eigenvalue weighted by molar-refractivity contribution is -0.116. The molecule has 2 aromatic rings. The monoisotopic (exact) mass is 405 g/mol. The number of nitrogens with zero attached hydrogens (tertiary/aromatic N) is 3. The Morgan fingerprint density at radius 3 is 2.96 bits per heavy atom. The van der Waals surface area contributed by atoms with Crippen LogP contribution in [0.5, 0.6) is 0 Å². The van der Waals surface area contributed by atoms with Crippen molar-refractivity contribution < 1.29 is 14.6 Å². The van der Waals surface area contributed by atoms with Crippen molar-refractivity contribution >= 4 is 35.0 Å². The van der Waals surface area contributed by atoms with Gasteiger partial charge in [-0.15, -0.1) is 0 Å². The van der Waals surface area contributed by atoms with Gasteiger partial charge in [0.1, 0.15) is 5.82 Å². The van der Waals surface area contributed by atoms with E-state index in [1.54, 1.807) is 12.1 Å². The van der Waals surface area contributed by atoms with Crippen molar-refractivity contribution in [2.24, 2.45) is 0 Å². The molecule has 8 nitrogen and oxygen atoms in total. The molecule has 2 heterocycles. The molecule has 28 heavy (non-hydrogen) atoms. The van der Waals surface area contributed by atoms with Crippen LogP contribution in [-0.4, -0.2) is 47.3 Å². The molecule has 0 radical (unpaired) electrons. The van der Waals surface area contributed by atoms with Crippen LogP contribution < -0.4 is 16.0 Å². The summed E-state index contributed by atoms with van der Waals surface area (Å²) < 4.78 is 5.78. The summed E-state index contributed by atoms with van der Waals surface area (Å²) in [6.07, 6.45) is 0.893. The Labute approximate surface area is 168 Å². The van der Waals surface area contributed by atoms with Gasteiger partial charge >= 0.3 is 0 Å². The van der Waals surface area contributed by atoms with Crippen molar-refractivity contribution in [2.75, 3.05) is 42.3 Å². The van der Waals surface area contributed by atoms with Gasteiger partial charge in [-0.2, -0.15) is 4.98 Å². The fourth-order valence-corrected chi connectivity index (χ4v) is 3.54. The van der Waals surface area contributed by atoms with Crippen molar-refractivity contribution in [3.63, 3.8) is 0 Å². The number of hydrogen-bond acceptors (Lipinski definition) is 7. The topological polar surface area (TPSA) is 114 Å². The molecule has 1 aromatic heterocycles. The number of nitrogen functional groups attached to an aromatic ring is 1. The Bertz CT molecular complexity index is 828. The van der Waals surface area contributed by atoms with E-state index in [1.165, 1.54) is 0 Å². The zero-order valence-corrected chi connectivity index (χ0v) is 16.4. The third-order valence-corrected chi connectivity index (χ3v) is 4.80. The average Bonchev–Trinajstić information content (AvgIpc) is 2.87. The quantitative estimate of drug-likeness (QED) is 0.699. The third kappa shape index (κ3) is 4.89. The molecule has 1 atom stereocenters. The highest BCUT2D eigenvalue weighted by atomic mass is 35.5. The van der Waals surface area contributed by atoms with Gasteiger partial charge in [0.15, 0.2) is 0 Å². The smallest absolute Gasteiger partial charge is 0.226 e. The van der Waals surface area contributed by atoms with Crippen LogP contribution >= 0.6 is 11.6 Å². The van der Waals surface area contributed by atoms with Crippen LogP contribution in [0.25, 0.3) is 0 Å². The fraction of sp³-hybridized carbons (Fsp3) is 0.421. The Kier molecular flexibility index (Phi) is 6.66. The summed E-state index contributed by atoms with van der Waals surface area (Å²) in [6, 6.07) is 7.12. The zero-order chi connectivity index (χ0) is 20.1. The van der Waals surface area contributed by atoms with Gasteiger partial charge in [0.2, 0.25) is 11.9 Å². The molecule has 4 N–H and O–H groups in total. The maximum Gasteiger partial charge on any atom is 0.226 e. The van der Waals surface area contributed by atoms with Crippen LogP contribution in [-0.2, 0) is 9.53 Å². The Hall–Kier alpha value is -2.42. The first-order valence-corrected chi connectivity index (χ1v) is 9.51. The molecule has 0 unspecified atom stereocenters. The molecular weight excluding hydrogens is 382 g/mol. The molecule has 1 saturated heterocycles. The first-order valence-electron chi connectivity index (χ1n) is 9.13. The number of benzene rings is 1. The summed E-state index contributed by atoms with van der Waals surface area (Å²) in [5, 5.41) is 12.1. The lowest BCUT2D eigenvalue weighted by Crippen LogP contribution is -2.32. The van der Waals surface area contributed by atoms with E-state index in [-0.39, 0.29) is 30.9 Å². The first-order chi connectivity index (χ1) is 13.5. The average molecular weight is 406 g/mol. The number of ether oxygens (including phenoxy) is 1. The SMILES string of the molecule is Cc1cc(N2CCCOC[C@@H]2c2ccc(NC(=O)CCO)cc2Cl)nc(N)n1. The minimum absolute atomic E-state index is 0.0398. The molecule has 9 heteroatoms. The van der Waals surface area contributed by atoms with E-state index in [1.807, 2.05) is 19.1 Å². The molecule has 0 aliphatic carbocycles. The Morgan fingerprint density at radius 1 is 1.43 bits per heavy atom. The summed E-state index contributed by atoms with van der Waals surface area (Å²) in [4.78, 5) is 22.4. The predicted octanol–water partition coefficient (Wildman–Crippen LogP) is 2.31. The third-order valence-electron chi connectivity index (χ3n) is 4.47. The molecular formula is C19H24ClN5O3. The summed E-state index contributed by atoms with van der Waals surface area (Å²) in [7, 11) is 0. The van der Waals surface area contributed by atoms with Gasteiger partial charge in [0, 0.05) is 35.6 Å². The van der Waals surface area contributed by atoms with E-state index in [9.17, 15) is 4.79 Å². The predicted molar refractivity (Wildman–Crippen MR) is 108 cm³/mol. The molecule has 0 saturated carbocycles. The number of halogens is 1. The van der Waals surface area contributed by atoms with Crippen molar-refractivity contribution in [1.82, 2.24) is 9.97 Å². The summed E-state index contributed by atoms with van der Waals surface area (Å²) in [6.45, 7) is 3.53. The second kappa shape index (κ2) is 9.18. The number of nitrogens with two attached hydrogens (primary N) is 1. The van der Waals surface area contributed by atoms with Crippen molar-refractivity contribution in [3.05, 3.63) is 40.5 Å². The molecule has 0 spiro atoms. The second-order valence-electron chi connectivity index (χ2n) is 6.62. The number of aryl methyl sites for hydroxylation is 1. The first kappa shape index (κ1) is 20.3. The molecule has 1 aliphatic heterocycles. The van der Waals surface area contributed by atoms with Crippen LogP contribution in [0.2, 0.25) is 5.02 Å². The summed E-state index contributed by atoms with van der Waals surface area (Å²) in [5.41, 5.74) is 8.09. The maximum absolute atomic E-state index is 11.7. The van der Waals surface area contributed by atoms with Crippen LogP contribution in [0.15, 0.2) is 24.3 Å². The van der Waals surface area contributed by atoms with Crippen LogP contribution in [0.3, 0.4) is 0 Å². The highest BCUT2D eigenvalue weighted by molar-refractivity contribution is 6.31. The van der Waals surface area contributed by atoms with Gasteiger partial charge in [0.25, 0.3) is 0 Å². The molecule has 1 aromatic carbocycles. The van der Waals surface area contributed by atoms with Gasteiger partial charge in [-0.3, -0.25) is 4.79 Å². The van der Waals surface area contributed by atoms with Crippen molar-refractivity contribution in [2.45, 2.75) is 25.8 Å². The van der Waals surface area contributed by atoms with Gasteiger partial charge in [0.05, 0.1) is 25.7 Å². The number of nitrogens with one attached hydrogen (secondary N) is 1. The molecule has 1 amide bonds. The van der Waals surface area contributed by atoms with E-state index in [2.05, 4.69) is 20.2 Å². The number of amides is 1. The highest BCUT2D eigenvalue weighted by Gasteiger charge is 2.27. The lowest BCUT2D eigenvalue weighted by Gasteiger charge is -2.31. The van der Waals surface area contributed by atoms with E-state index in [0.717, 1.165) is 30.0 Å². The molecule has 3 rings (SSSR count). The fourth-order valence-electron chi connectivity index (χ4n) is 3.23. The molecule has 0 bridgehead atoms. The van der Waals surface area contributed by atoms with E-state index in [4.69, 9.17) is 27.2 Å². The van der Waals surface area contributed by atoms with Gasteiger partial charge < -0.3 is 25.8 Å². The minimum Gasteiger partial charge on any atom is -0.396 e. The number of anilines is 3. The van der Waals surface area contributed by atoms with Crippen LogP contribution in [0.1, 0.15) is 30.1 Å². The maximum atomic E-state index is 11.7. The number of hydrogen-bond donors (Lipinski definition) is 3. The minimum atomic E-state index is -0.266. The number of rotatable bonds is 5. The Morgan fingerprint density at radius 2 is 2.25 bits per heavy atom. The Balaban J connectivity index is 1.90. The lowest BCUT2D eigenvalue weighted by atomic mass is 10.0. The van der Waals surface area contributed by atoms with E-state index < -0.39 is 0 Å². The van der Waals surface area contributed by atoms with Gasteiger partial charge in [-0.25, -0.2) is 4.98 Å². The molecule has 1 fully saturated rings. The van der Waals surface area contributed by atoms with E-state index in [0.29, 0.717) is 23.9 Å². The number of carbonyl (C=O) groups excluding carboxylic acids is 1. The number of aliphatic hydroxyl groups excluding tert-OH is 1. The number of carbonyl (C=O) groups is 1. The van der Waals surface area contributed by atoms with Gasteiger partial charge in [-0.05, 0) is 31.0 Å². The van der Waals surface area contributed by atoms with Gasteiger partial charge in [-0.1, -0.05) is 17.7 Å². The van der Waals surface area contributed by atoms with Crippen LogP contribution in [0, 0.1) is 6.92 Å². The normalized spacial score (nSPS) is 17.2. The second-order valence-corrected chi connectivity index (χ2v) is 7.03. The molecule has 150 valence electrons. The van der Waals surface area contributed by atoms with Crippen molar-refractivity contribution in [1.29, 1.82) is 0 Å². The highest BCUT2D eigenvalue weighted by Crippen LogP contribution is 2.34. The summed E-state index contributed by atoms with van der Waals surface area (Å²) in [5.74, 6) is 0.696. The standard InChI is InChI=1S/C19H24ClN5O3/c1-12-9-17(24-19(21)22-12)25-6-2-8-28-11-16(25)14-4-3-13(10-15(14)20)23-18(27)5-7-26/h3-4,9-10,16,26H,2,5-8,11H2,1H3,(H,23,27)(H2,21,22,24)/t16-/m1/s1. The summed E-state index contributed by atoms with van der Waals surface area (Å²) >= 11 is 6.55. The largest absolute Gasteiger partial charge is 0.396 e. The number of aliphatic hydroxyl groups is 1. The van der Waals surface area contributed by atoms with E-state index >= 15 is 0 Å². The van der Waals surface area contributed by atoms with Crippen molar-refractivity contribution in [3.8, 4) is 0 Å². The number of aromatic nitrogens is 2.